The number of benzene rings is 2. The van der Waals surface area contributed by atoms with E-state index in [0.717, 1.165) is 11.3 Å². The van der Waals surface area contributed by atoms with Crippen LogP contribution in [0.5, 0.6) is 11.5 Å². The molecule has 6 nitrogen and oxygen atoms in total. The Morgan fingerprint density at radius 1 is 1.00 bits per heavy atom. The van der Waals surface area contributed by atoms with Crippen LogP contribution in [-0.4, -0.2) is 37.1 Å². The van der Waals surface area contributed by atoms with Gasteiger partial charge in [0.25, 0.3) is 5.91 Å². The largest absolute Gasteiger partial charge is 0.497 e. The summed E-state index contributed by atoms with van der Waals surface area (Å²) in [5.41, 5.74) is 2.24. The first kappa shape index (κ1) is 18.5. The molecule has 0 aliphatic heterocycles. The molecule has 6 heteroatoms. The Labute approximate surface area is 157 Å². The highest BCUT2D eigenvalue weighted by atomic mass is 16.5. The molecule has 0 unspecified atom stereocenters. The molecule has 0 saturated heterocycles. The third kappa shape index (κ3) is 3.95. The van der Waals surface area contributed by atoms with Crippen molar-refractivity contribution < 1.29 is 19.1 Å². The molecule has 1 N–H and O–H groups in total. The summed E-state index contributed by atoms with van der Waals surface area (Å²) in [7, 11) is 3.19. The van der Waals surface area contributed by atoms with Crippen molar-refractivity contribution in [1.82, 2.24) is 9.88 Å². The van der Waals surface area contributed by atoms with Gasteiger partial charge in [0.15, 0.2) is 0 Å². The highest BCUT2D eigenvalue weighted by Gasteiger charge is 2.17. The first-order valence-corrected chi connectivity index (χ1v) is 8.64. The zero-order valence-corrected chi connectivity index (χ0v) is 15.6. The predicted molar refractivity (Wildman–Crippen MR) is 104 cm³/mol. The van der Waals surface area contributed by atoms with Crippen LogP contribution in [0.25, 0.3) is 10.9 Å². The highest BCUT2D eigenvalue weighted by molar-refractivity contribution is 6.09. The lowest BCUT2D eigenvalue weighted by Crippen LogP contribution is -2.25. The van der Waals surface area contributed by atoms with Crippen molar-refractivity contribution in [2.75, 3.05) is 20.8 Å². The third-order valence-corrected chi connectivity index (χ3v) is 4.45. The van der Waals surface area contributed by atoms with Gasteiger partial charge in [-0.2, -0.15) is 0 Å². The maximum absolute atomic E-state index is 12.7. The standard InChI is InChI=1S/C21H22N2O4/c1-14(24)23-13-19(18-12-17(27-3)8-9-20(18)23)21(25)22-11-10-15-4-6-16(26-2)7-5-15/h4-9,12-13H,10-11H2,1-3H3,(H,22,25). The number of nitrogens with one attached hydrogen (secondary N) is 1. The van der Waals surface area contributed by atoms with E-state index < -0.39 is 0 Å². The Morgan fingerprint density at radius 3 is 2.30 bits per heavy atom. The smallest absolute Gasteiger partial charge is 0.253 e. The zero-order chi connectivity index (χ0) is 19.4. The van der Waals surface area contributed by atoms with Crippen molar-refractivity contribution in [2.45, 2.75) is 13.3 Å². The molecule has 1 aromatic heterocycles. The quantitative estimate of drug-likeness (QED) is 0.727. The second-order valence-corrected chi connectivity index (χ2v) is 6.17. The van der Waals surface area contributed by atoms with Crippen LogP contribution in [0.2, 0.25) is 0 Å². The number of aromatic nitrogens is 1. The monoisotopic (exact) mass is 366 g/mol. The van der Waals surface area contributed by atoms with Gasteiger partial charge in [0.1, 0.15) is 11.5 Å². The summed E-state index contributed by atoms with van der Waals surface area (Å²) < 4.78 is 11.9. The van der Waals surface area contributed by atoms with Gasteiger partial charge in [-0.15, -0.1) is 0 Å². The number of hydrogen-bond donors (Lipinski definition) is 1. The lowest BCUT2D eigenvalue weighted by atomic mass is 10.1. The van der Waals surface area contributed by atoms with E-state index in [4.69, 9.17) is 9.47 Å². The molecule has 0 fully saturated rings. The molecule has 0 atom stereocenters. The highest BCUT2D eigenvalue weighted by Crippen LogP contribution is 2.26. The summed E-state index contributed by atoms with van der Waals surface area (Å²) in [4.78, 5) is 24.6. The second-order valence-electron chi connectivity index (χ2n) is 6.17. The molecule has 0 aliphatic carbocycles. The minimum Gasteiger partial charge on any atom is -0.497 e. The maximum Gasteiger partial charge on any atom is 0.253 e. The van der Waals surface area contributed by atoms with Crippen LogP contribution >= 0.6 is 0 Å². The molecular weight excluding hydrogens is 344 g/mol. The number of fused-ring (bicyclic) bond motifs is 1. The third-order valence-electron chi connectivity index (χ3n) is 4.45. The van der Waals surface area contributed by atoms with Crippen molar-refractivity contribution in [1.29, 1.82) is 0 Å². The normalized spacial score (nSPS) is 10.6. The van der Waals surface area contributed by atoms with E-state index in [9.17, 15) is 9.59 Å². The van der Waals surface area contributed by atoms with Crippen LogP contribution < -0.4 is 14.8 Å². The Balaban J connectivity index is 1.77. The van der Waals surface area contributed by atoms with Crippen LogP contribution in [0, 0.1) is 0 Å². The minimum atomic E-state index is -0.221. The van der Waals surface area contributed by atoms with Crippen LogP contribution in [0.15, 0.2) is 48.7 Å². The lowest BCUT2D eigenvalue weighted by Gasteiger charge is -2.06. The summed E-state index contributed by atoms with van der Waals surface area (Å²) >= 11 is 0. The van der Waals surface area contributed by atoms with Crippen molar-refractivity contribution in [3.63, 3.8) is 0 Å². The number of rotatable bonds is 6. The molecule has 3 rings (SSSR count). The minimum absolute atomic E-state index is 0.151. The molecule has 27 heavy (non-hydrogen) atoms. The lowest BCUT2D eigenvalue weighted by molar-refractivity contribution is 0.0941. The molecule has 0 saturated carbocycles. The average molecular weight is 366 g/mol. The number of carbonyl (C=O) groups excluding carboxylic acids is 2. The Kier molecular flexibility index (Phi) is 5.45. The van der Waals surface area contributed by atoms with Crippen LogP contribution in [0.1, 0.15) is 27.6 Å². The second kappa shape index (κ2) is 7.95. The Bertz CT molecular complexity index is 974. The van der Waals surface area contributed by atoms with E-state index in [1.54, 1.807) is 38.6 Å². The summed E-state index contributed by atoms with van der Waals surface area (Å²) in [6.45, 7) is 1.96. The van der Waals surface area contributed by atoms with Gasteiger partial charge in [0.05, 0.1) is 25.3 Å². The Morgan fingerprint density at radius 2 is 1.67 bits per heavy atom. The van der Waals surface area contributed by atoms with E-state index in [1.165, 1.54) is 11.5 Å². The van der Waals surface area contributed by atoms with Crippen molar-refractivity contribution in [3.05, 3.63) is 59.8 Å². The Hall–Kier alpha value is -3.28. The molecule has 3 aromatic rings. The first-order valence-electron chi connectivity index (χ1n) is 8.64. The van der Waals surface area contributed by atoms with E-state index in [-0.39, 0.29) is 11.8 Å². The van der Waals surface area contributed by atoms with Gasteiger partial charge in [0, 0.05) is 25.1 Å². The SMILES string of the molecule is COc1ccc(CCNC(=O)c2cn(C(C)=O)c3ccc(OC)cc23)cc1. The summed E-state index contributed by atoms with van der Waals surface area (Å²) in [5.74, 6) is 1.06. The van der Waals surface area contributed by atoms with Gasteiger partial charge in [-0.05, 0) is 42.3 Å². The van der Waals surface area contributed by atoms with Crippen molar-refractivity contribution in [2.24, 2.45) is 0 Å². The number of methoxy groups -OCH3 is 2. The number of carbonyl (C=O) groups is 2. The predicted octanol–water partition coefficient (Wildman–Crippen LogP) is 3.29. The maximum atomic E-state index is 12.7. The molecule has 0 aliphatic rings. The fourth-order valence-electron chi connectivity index (χ4n) is 2.99. The first-order chi connectivity index (χ1) is 13.0. The van der Waals surface area contributed by atoms with Crippen LogP contribution in [-0.2, 0) is 6.42 Å². The topological polar surface area (TPSA) is 69.6 Å². The molecule has 0 radical (unpaired) electrons. The summed E-state index contributed by atoms with van der Waals surface area (Å²) in [6, 6.07) is 13.0. The van der Waals surface area contributed by atoms with Gasteiger partial charge in [0.2, 0.25) is 5.91 Å². The molecule has 2 aromatic carbocycles. The van der Waals surface area contributed by atoms with Crippen LogP contribution in [0.4, 0.5) is 0 Å². The van der Waals surface area contributed by atoms with E-state index >= 15 is 0 Å². The van der Waals surface area contributed by atoms with Crippen molar-refractivity contribution >= 4 is 22.7 Å². The van der Waals surface area contributed by atoms with Gasteiger partial charge < -0.3 is 14.8 Å². The fraction of sp³-hybridized carbons (Fsp3) is 0.238. The average Bonchev–Trinajstić information content (AvgIpc) is 3.07. The van der Waals surface area contributed by atoms with Gasteiger partial charge in [-0.25, -0.2) is 0 Å². The van der Waals surface area contributed by atoms with Gasteiger partial charge in [-0.1, -0.05) is 12.1 Å². The van der Waals surface area contributed by atoms with Crippen molar-refractivity contribution in [3.8, 4) is 11.5 Å². The number of hydrogen-bond acceptors (Lipinski definition) is 4. The van der Waals surface area contributed by atoms with Crippen LogP contribution in [0.3, 0.4) is 0 Å². The summed E-state index contributed by atoms with van der Waals surface area (Å²) in [6.07, 6.45) is 2.28. The van der Waals surface area contributed by atoms with Gasteiger partial charge in [-0.3, -0.25) is 14.2 Å². The zero-order valence-electron chi connectivity index (χ0n) is 15.6. The molecule has 1 heterocycles. The summed E-state index contributed by atoms with van der Waals surface area (Å²) in [5, 5.41) is 3.61. The fourth-order valence-corrected chi connectivity index (χ4v) is 2.99. The van der Waals surface area contributed by atoms with E-state index in [2.05, 4.69) is 5.32 Å². The number of ether oxygens (including phenoxy) is 2. The van der Waals surface area contributed by atoms with E-state index in [0.29, 0.717) is 35.2 Å². The molecule has 1 amide bonds. The molecule has 0 bridgehead atoms. The van der Waals surface area contributed by atoms with E-state index in [1.807, 2.05) is 24.3 Å². The number of amides is 1. The molecular formula is C21H22N2O4. The molecule has 140 valence electrons. The molecule has 0 spiro atoms. The van der Waals surface area contributed by atoms with Gasteiger partial charge >= 0.3 is 0 Å². The number of nitrogens with zero attached hydrogens (tertiary/aromatic N) is 1.